The van der Waals surface area contributed by atoms with Gasteiger partial charge in [-0.25, -0.2) is 4.79 Å². The van der Waals surface area contributed by atoms with E-state index in [4.69, 9.17) is 0 Å². The van der Waals surface area contributed by atoms with Crippen LogP contribution in [0.2, 0.25) is 0 Å². The van der Waals surface area contributed by atoms with Crippen LogP contribution in [0.5, 0.6) is 0 Å². The Hall–Kier alpha value is -1.17. The molecule has 0 saturated carbocycles. The van der Waals surface area contributed by atoms with E-state index in [-0.39, 0.29) is 5.97 Å². The van der Waals surface area contributed by atoms with Crippen molar-refractivity contribution in [3.8, 4) is 0 Å². The Labute approximate surface area is 101 Å². The van der Waals surface area contributed by atoms with Crippen LogP contribution in [0, 0.1) is 3.57 Å². The SMILES string of the molecule is COC(=O)c1ccc2ncc(I)cc2c1. The third-order valence-electron chi connectivity index (χ3n) is 2.07. The minimum Gasteiger partial charge on any atom is -0.465 e. The molecule has 76 valence electrons. The Morgan fingerprint density at radius 3 is 2.93 bits per heavy atom. The van der Waals surface area contributed by atoms with Gasteiger partial charge in [0, 0.05) is 15.2 Å². The molecule has 0 saturated heterocycles. The molecule has 2 rings (SSSR count). The van der Waals surface area contributed by atoms with Gasteiger partial charge < -0.3 is 4.74 Å². The average molecular weight is 313 g/mol. The lowest BCUT2D eigenvalue weighted by molar-refractivity contribution is 0.0601. The van der Waals surface area contributed by atoms with Crippen LogP contribution in [0.25, 0.3) is 10.9 Å². The summed E-state index contributed by atoms with van der Waals surface area (Å²) in [6.07, 6.45) is 1.79. The van der Waals surface area contributed by atoms with Crippen LogP contribution in [-0.4, -0.2) is 18.1 Å². The van der Waals surface area contributed by atoms with Gasteiger partial charge in [0.05, 0.1) is 18.2 Å². The highest BCUT2D eigenvalue weighted by Gasteiger charge is 2.06. The van der Waals surface area contributed by atoms with Crippen LogP contribution in [0.15, 0.2) is 30.5 Å². The van der Waals surface area contributed by atoms with Gasteiger partial charge in [0.1, 0.15) is 0 Å². The van der Waals surface area contributed by atoms with E-state index in [2.05, 4.69) is 32.3 Å². The molecule has 15 heavy (non-hydrogen) atoms. The second-order valence-electron chi connectivity index (χ2n) is 3.05. The Balaban J connectivity index is 2.59. The minimum atomic E-state index is -0.323. The monoisotopic (exact) mass is 313 g/mol. The number of methoxy groups -OCH3 is 1. The maximum Gasteiger partial charge on any atom is 0.337 e. The first kappa shape index (κ1) is 10.4. The summed E-state index contributed by atoms with van der Waals surface area (Å²) in [5.41, 5.74) is 1.43. The van der Waals surface area contributed by atoms with Crippen LogP contribution in [0.1, 0.15) is 10.4 Å². The summed E-state index contributed by atoms with van der Waals surface area (Å²) in [4.78, 5) is 15.5. The zero-order chi connectivity index (χ0) is 10.8. The summed E-state index contributed by atoms with van der Waals surface area (Å²) in [6.45, 7) is 0. The fourth-order valence-electron chi connectivity index (χ4n) is 1.35. The van der Waals surface area contributed by atoms with Gasteiger partial charge in [-0.3, -0.25) is 4.98 Å². The first-order chi connectivity index (χ1) is 7.20. The second-order valence-corrected chi connectivity index (χ2v) is 4.30. The molecule has 3 nitrogen and oxygen atoms in total. The summed E-state index contributed by atoms with van der Waals surface area (Å²) in [7, 11) is 1.37. The molecular weight excluding hydrogens is 305 g/mol. The van der Waals surface area contributed by atoms with Crippen LogP contribution in [0.3, 0.4) is 0 Å². The van der Waals surface area contributed by atoms with Crippen molar-refractivity contribution >= 4 is 39.5 Å². The Kier molecular flexibility index (Phi) is 2.86. The molecule has 0 unspecified atom stereocenters. The van der Waals surface area contributed by atoms with Crippen molar-refractivity contribution in [1.29, 1.82) is 0 Å². The fourth-order valence-corrected chi connectivity index (χ4v) is 1.82. The van der Waals surface area contributed by atoms with E-state index in [1.54, 1.807) is 18.3 Å². The van der Waals surface area contributed by atoms with Crippen molar-refractivity contribution in [2.75, 3.05) is 7.11 Å². The lowest BCUT2D eigenvalue weighted by Gasteiger charge is -2.01. The zero-order valence-electron chi connectivity index (χ0n) is 8.03. The number of halogens is 1. The molecule has 0 amide bonds. The lowest BCUT2D eigenvalue weighted by Crippen LogP contribution is -2.00. The van der Waals surface area contributed by atoms with Crippen LogP contribution < -0.4 is 0 Å². The standard InChI is InChI=1S/C11H8INO2/c1-15-11(14)7-2-3-10-8(4-7)5-9(12)6-13-10/h2-6H,1H3. The molecule has 0 aliphatic rings. The molecule has 2 aromatic rings. The average Bonchev–Trinajstić information content (AvgIpc) is 2.27. The third kappa shape index (κ3) is 2.09. The first-order valence-electron chi connectivity index (χ1n) is 4.34. The van der Waals surface area contributed by atoms with Crippen molar-refractivity contribution in [1.82, 2.24) is 4.98 Å². The van der Waals surface area contributed by atoms with Gasteiger partial charge in [-0.15, -0.1) is 0 Å². The van der Waals surface area contributed by atoms with E-state index in [0.29, 0.717) is 5.56 Å². The summed E-state index contributed by atoms with van der Waals surface area (Å²) in [5, 5.41) is 0.949. The van der Waals surface area contributed by atoms with Crippen molar-refractivity contribution in [3.63, 3.8) is 0 Å². The Morgan fingerprint density at radius 2 is 2.20 bits per heavy atom. The molecule has 1 aromatic heterocycles. The smallest absolute Gasteiger partial charge is 0.337 e. The van der Waals surface area contributed by atoms with Gasteiger partial charge in [0.25, 0.3) is 0 Å². The van der Waals surface area contributed by atoms with Crippen molar-refractivity contribution < 1.29 is 9.53 Å². The van der Waals surface area contributed by atoms with Gasteiger partial charge in [-0.1, -0.05) is 0 Å². The quantitative estimate of drug-likeness (QED) is 0.600. The van der Waals surface area contributed by atoms with Gasteiger partial charge >= 0.3 is 5.97 Å². The molecule has 0 aliphatic carbocycles. The molecule has 0 radical (unpaired) electrons. The number of aromatic nitrogens is 1. The highest BCUT2D eigenvalue weighted by molar-refractivity contribution is 14.1. The highest BCUT2D eigenvalue weighted by atomic mass is 127. The fraction of sp³-hybridized carbons (Fsp3) is 0.0909. The molecule has 0 aliphatic heterocycles. The minimum absolute atomic E-state index is 0.323. The van der Waals surface area contributed by atoms with Crippen LogP contribution in [-0.2, 0) is 4.74 Å². The molecule has 1 heterocycles. The normalized spacial score (nSPS) is 10.3. The van der Waals surface area contributed by atoms with Crippen molar-refractivity contribution in [3.05, 3.63) is 39.6 Å². The number of fused-ring (bicyclic) bond motifs is 1. The van der Waals surface area contributed by atoms with Gasteiger partial charge in [0.15, 0.2) is 0 Å². The van der Waals surface area contributed by atoms with E-state index in [1.807, 2.05) is 12.1 Å². The zero-order valence-corrected chi connectivity index (χ0v) is 10.2. The van der Waals surface area contributed by atoms with Crippen molar-refractivity contribution in [2.24, 2.45) is 0 Å². The number of carbonyl (C=O) groups is 1. The maximum atomic E-state index is 11.3. The van der Waals surface area contributed by atoms with Gasteiger partial charge in [-0.05, 0) is 46.9 Å². The Morgan fingerprint density at radius 1 is 1.40 bits per heavy atom. The molecular formula is C11H8INO2. The number of esters is 1. The molecule has 0 fully saturated rings. The number of benzene rings is 1. The molecule has 0 bridgehead atoms. The van der Waals surface area contributed by atoms with Crippen LogP contribution >= 0.6 is 22.6 Å². The molecule has 0 atom stereocenters. The van der Waals surface area contributed by atoms with Gasteiger partial charge in [-0.2, -0.15) is 0 Å². The maximum absolute atomic E-state index is 11.3. The summed E-state index contributed by atoms with van der Waals surface area (Å²) < 4.78 is 5.70. The van der Waals surface area contributed by atoms with Gasteiger partial charge in [0.2, 0.25) is 0 Å². The predicted molar refractivity (Wildman–Crippen MR) is 65.8 cm³/mol. The van der Waals surface area contributed by atoms with Crippen LogP contribution in [0.4, 0.5) is 0 Å². The molecule has 0 spiro atoms. The topological polar surface area (TPSA) is 39.2 Å². The summed E-state index contributed by atoms with van der Waals surface area (Å²) in [5.74, 6) is -0.323. The number of carbonyl (C=O) groups excluding carboxylic acids is 1. The summed E-state index contributed by atoms with van der Waals surface area (Å²) >= 11 is 2.19. The van der Waals surface area contributed by atoms with E-state index in [0.717, 1.165) is 14.5 Å². The highest BCUT2D eigenvalue weighted by Crippen LogP contribution is 2.16. The third-order valence-corrected chi connectivity index (χ3v) is 2.66. The number of hydrogen-bond donors (Lipinski definition) is 0. The largest absolute Gasteiger partial charge is 0.465 e. The number of pyridine rings is 1. The van der Waals surface area contributed by atoms with E-state index in [1.165, 1.54) is 7.11 Å². The number of hydrogen-bond acceptors (Lipinski definition) is 3. The number of rotatable bonds is 1. The predicted octanol–water partition coefficient (Wildman–Crippen LogP) is 2.63. The Bertz CT molecular complexity index is 525. The summed E-state index contributed by atoms with van der Waals surface area (Å²) in [6, 6.07) is 7.30. The van der Waals surface area contributed by atoms with Crippen molar-refractivity contribution in [2.45, 2.75) is 0 Å². The van der Waals surface area contributed by atoms with E-state index < -0.39 is 0 Å². The molecule has 4 heteroatoms. The molecule has 1 aromatic carbocycles. The number of nitrogens with zero attached hydrogens (tertiary/aromatic N) is 1. The molecule has 0 N–H and O–H groups in total. The van der Waals surface area contributed by atoms with E-state index in [9.17, 15) is 4.79 Å². The number of ether oxygens (including phenoxy) is 1. The second kappa shape index (κ2) is 4.14. The van der Waals surface area contributed by atoms with E-state index >= 15 is 0 Å². The lowest BCUT2D eigenvalue weighted by atomic mass is 10.1. The first-order valence-corrected chi connectivity index (χ1v) is 5.42.